The molecule has 3 N–H and O–H groups in total. The number of benzene rings is 3. The normalized spacial score (nSPS) is 16.5. The first-order chi connectivity index (χ1) is 19.3. The van der Waals surface area contributed by atoms with E-state index in [9.17, 15) is 23.2 Å². The smallest absolute Gasteiger partial charge is 0.247 e. The molecule has 0 aromatic heterocycles. The van der Waals surface area contributed by atoms with Gasteiger partial charge in [0.25, 0.3) is 0 Å². The number of rotatable bonds is 10. The molecule has 3 amide bonds. The number of carbonyl (C=O) groups is 3. The van der Waals surface area contributed by atoms with Crippen molar-refractivity contribution in [2.24, 2.45) is 5.92 Å². The van der Waals surface area contributed by atoms with Gasteiger partial charge in [0.15, 0.2) is 0 Å². The molecule has 0 radical (unpaired) electrons. The van der Waals surface area contributed by atoms with Crippen molar-refractivity contribution in [1.82, 2.24) is 16.0 Å². The van der Waals surface area contributed by atoms with E-state index < -0.39 is 41.3 Å². The fourth-order valence-electron chi connectivity index (χ4n) is 4.42. The molecule has 0 bridgehead atoms. The molecule has 0 aliphatic carbocycles. The number of amides is 3. The summed E-state index contributed by atoms with van der Waals surface area (Å²) in [5.41, 5.74) is 1.84. The Hall–Kier alpha value is -4.31. The fraction of sp³-hybridized carbons (Fsp3) is 0.300. The minimum absolute atomic E-state index is 0.158. The van der Waals surface area contributed by atoms with Crippen molar-refractivity contribution in [1.29, 1.82) is 0 Å². The van der Waals surface area contributed by atoms with Crippen LogP contribution in [0.3, 0.4) is 0 Å². The summed E-state index contributed by atoms with van der Waals surface area (Å²) in [6.07, 6.45) is -0.248. The van der Waals surface area contributed by atoms with Gasteiger partial charge >= 0.3 is 0 Å². The van der Waals surface area contributed by atoms with Gasteiger partial charge in [-0.3, -0.25) is 14.4 Å². The highest BCUT2D eigenvalue weighted by atomic mass is 19.1. The quantitative estimate of drug-likeness (QED) is 0.337. The molecule has 3 aromatic rings. The Bertz CT molecular complexity index is 1290. The van der Waals surface area contributed by atoms with Crippen LogP contribution in [0.5, 0.6) is 0 Å². The van der Waals surface area contributed by atoms with Crippen LogP contribution < -0.4 is 20.9 Å². The predicted molar refractivity (Wildman–Crippen MR) is 146 cm³/mol. The second kappa shape index (κ2) is 13.7. The summed E-state index contributed by atoms with van der Waals surface area (Å²) >= 11 is 0. The van der Waals surface area contributed by atoms with Crippen molar-refractivity contribution < 1.29 is 27.9 Å². The van der Waals surface area contributed by atoms with Crippen LogP contribution in [0.4, 0.5) is 14.5 Å². The number of hydrogen-bond acceptors (Lipinski definition) is 5. The van der Waals surface area contributed by atoms with Crippen molar-refractivity contribution in [3.63, 3.8) is 0 Å². The molecule has 1 aliphatic heterocycles. The second-order valence-electron chi connectivity index (χ2n) is 9.59. The molecule has 2 unspecified atom stereocenters. The van der Waals surface area contributed by atoms with Gasteiger partial charge in [0.05, 0.1) is 12.7 Å². The summed E-state index contributed by atoms with van der Waals surface area (Å²) in [6.45, 7) is 3.33. The molecule has 1 saturated heterocycles. The Morgan fingerprint density at radius 2 is 1.55 bits per heavy atom. The standard InChI is InChI=1S/C30H32F2N4O4/c1-20(28(37)33-17-21-14-23(31)16-24(32)15-21)29(38)35-27(22-8-4-2-5-9-22)30(39)34-18-26-19-36(12-13-40-26)25-10-6-3-7-11-25/h2-11,14-16,20,26-27H,12-13,17-19H2,1H3,(H,33,37)(H,34,39)(H,35,38)/t20?,26?,27-/m0/s1. The van der Waals surface area contributed by atoms with Gasteiger partial charge < -0.3 is 25.6 Å². The predicted octanol–water partition coefficient (Wildman–Crippen LogP) is 3.10. The van der Waals surface area contributed by atoms with Gasteiger partial charge in [-0.05, 0) is 42.3 Å². The molecule has 10 heteroatoms. The lowest BCUT2D eigenvalue weighted by molar-refractivity contribution is -0.137. The van der Waals surface area contributed by atoms with Crippen LogP contribution in [0.15, 0.2) is 78.9 Å². The summed E-state index contributed by atoms with van der Waals surface area (Å²) in [4.78, 5) is 41.1. The number of anilines is 1. The number of para-hydroxylation sites is 1. The molecule has 0 saturated carbocycles. The number of halogens is 2. The van der Waals surface area contributed by atoms with Gasteiger partial charge in [-0.25, -0.2) is 8.78 Å². The van der Waals surface area contributed by atoms with Gasteiger partial charge in [0.1, 0.15) is 23.6 Å². The second-order valence-corrected chi connectivity index (χ2v) is 9.59. The van der Waals surface area contributed by atoms with Crippen molar-refractivity contribution in [2.75, 3.05) is 31.1 Å². The molecule has 1 heterocycles. The summed E-state index contributed by atoms with van der Waals surface area (Å²) in [7, 11) is 0. The summed E-state index contributed by atoms with van der Waals surface area (Å²) in [5.74, 6) is -4.46. The van der Waals surface area contributed by atoms with E-state index in [1.807, 2.05) is 30.3 Å². The number of carbonyl (C=O) groups excluding carboxylic acids is 3. The molecule has 8 nitrogen and oxygen atoms in total. The van der Waals surface area contributed by atoms with E-state index >= 15 is 0 Å². The van der Waals surface area contributed by atoms with Crippen LogP contribution in [-0.4, -0.2) is 50.1 Å². The summed E-state index contributed by atoms with van der Waals surface area (Å²) in [6, 6.07) is 20.5. The Morgan fingerprint density at radius 3 is 2.23 bits per heavy atom. The average Bonchev–Trinajstić information content (AvgIpc) is 2.97. The third-order valence-electron chi connectivity index (χ3n) is 6.62. The maximum absolute atomic E-state index is 13.4. The molecule has 3 aromatic carbocycles. The van der Waals surface area contributed by atoms with E-state index in [1.54, 1.807) is 30.3 Å². The third kappa shape index (κ3) is 7.86. The first-order valence-corrected chi connectivity index (χ1v) is 13.1. The van der Waals surface area contributed by atoms with Crippen LogP contribution in [-0.2, 0) is 25.7 Å². The fourth-order valence-corrected chi connectivity index (χ4v) is 4.42. The van der Waals surface area contributed by atoms with Gasteiger partial charge in [-0.1, -0.05) is 48.5 Å². The Balaban J connectivity index is 1.35. The maximum atomic E-state index is 13.4. The van der Waals surface area contributed by atoms with E-state index in [1.165, 1.54) is 6.92 Å². The zero-order chi connectivity index (χ0) is 28.5. The Kier molecular flexibility index (Phi) is 9.80. The molecule has 210 valence electrons. The molecule has 1 fully saturated rings. The minimum Gasteiger partial charge on any atom is -0.373 e. The van der Waals surface area contributed by atoms with E-state index in [4.69, 9.17) is 4.74 Å². The maximum Gasteiger partial charge on any atom is 0.247 e. The number of ether oxygens (including phenoxy) is 1. The van der Waals surface area contributed by atoms with E-state index in [2.05, 4.69) is 20.9 Å². The first-order valence-electron chi connectivity index (χ1n) is 13.1. The van der Waals surface area contributed by atoms with Gasteiger partial charge in [-0.15, -0.1) is 0 Å². The molecule has 0 spiro atoms. The van der Waals surface area contributed by atoms with E-state index in [-0.39, 0.29) is 24.8 Å². The van der Waals surface area contributed by atoms with Crippen molar-refractivity contribution in [2.45, 2.75) is 25.6 Å². The zero-order valence-corrected chi connectivity index (χ0v) is 22.1. The molecule has 4 rings (SSSR count). The first kappa shape index (κ1) is 28.7. The number of hydrogen-bond donors (Lipinski definition) is 3. The third-order valence-corrected chi connectivity index (χ3v) is 6.62. The summed E-state index contributed by atoms with van der Waals surface area (Å²) < 4.78 is 32.7. The van der Waals surface area contributed by atoms with Crippen molar-refractivity contribution >= 4 is 23.4 Å². The van der Waals surface area contributed by atoms with Crippen LogP contribution in [0, 0.1) is 17.6 Å². The topological polar surface area (TPSA) is 99.8 Å². The number of nitrogens with zero attached hydrogens (tertiary/aromatic N) is 1. The van der Waals surface area contributed by atoms with Crippen LogP contribution in [0.25, 0.3) is 0 Å². The highest BCUT2D eigenvalue weighted by molar-refractivity contribution is 6.01. The molecular formula is C30H32F2N4O4. The average molecular weight is 551 g/mol. The SMILES string of the molecule is CC(C(=O)NCc1cc(F)cc(F)c1)C(=O)N[C@H](C(=O)NCC1CN(c2ccccc2)CCO1)c1ccccc1. The minimum atomic E-state index is -1.17. The molecular weight excluding hydrogens is 518 g/mol. The largest absolute Gasteiger partial charge is 0.373 e. The van der Waals surface area contributed by atoms with E-state index in [0.29, 0.717) is 18.7 Å². The molecule has 3 atom stereocenters. The zero-order valence-electron chi connectivity index (χ0n) is 22.1. The highest BCUT2D eigenvalue weighted by Crippen LogP contribution is 2.18. The lowest BCUT2D eigenvalue weighted by Gasteiger charge is -2.34. The van der Waals surface area contributed by atoms with Gasteiger partial charge in [0, 0.05) is 37.9 Å². The van der Waals surface area contributed by atoms with E-state index in [0.717, 1.165) is 30.4 Å². The number of nitrogens with one attached hydrogen (secondary N) is 3. The van der Waals surface area contributed by atoms with Crippen LogP contribution in [0.2, 0.25) is 0 Å². The molecule has 1 aliphatic rings. The Morgan fingerprint density at radius 1 is 0.900 bits per heavy atom. The van der Waals surface area contributed by atoms with Gasteiger partial charge in [0.2, 0.25) is 17.7 Å². The van der Waals surface area contributed by atoms with Crippen molar-refractivity contribution in [3.8, 4) is 0 Å². The molecule has 40 heavy (non-hydrogen) atoms. The van der Waals surface area contributed by atoms with Crippen molar-refractivity contribution in [3.05, 3.63) is 102 Å². The van der Waals surface area contributed by atoms with Crippen LogP contribution in [0.1, 0.15) is 24.1 Å². The van der Waals surface area contributed by atoms with Crippen LogP contribution >= 0.6 is 0 Å². The highest BCUT2D eigenvalue weighted by Gasteiger charge is 2.29. The van der Waals surface area contributed by atoms with Gasteiger partial charge in [-0.2, -0.15) is 0 Å². The lowest BCUT2D eigenvalue weighted by Crippen LogP contribution is -2.50. The Labute approximate surface area is 231 Å². The monoisotopic (exact) mass is 550 g/mol. The number of morpholine rings is 1. The lowest BCUT2D eigenvalue weighted by atomic mass is 10.0. The summed E-state index contributed by atoms with van der Waals surface area (Å²) in [5, 5.41) is 8.05.